The molecular formula is C23H28FN3O3. The van der Waals surface area contributed by atoms with Crippen molar-refractivity contribution < 1.29 is 18.5 Å². The number of rotatable bonds is 5. The molecule has 1 N–H and O–H groups in total. The van der Waals surface area contributed by atoms with Crippen molar-refractivity contribution in [2.45, 2.75) is 65.0 Å². The van der Waals surface area contributed by atoms with Crippen LogP contribution in [-0.4, -0.2) is 40.5 Å². The number of hydrogen-bond donors (Lipinski definition) is 1. The first-order chi connectivity index (χ1) is 14.4. The Balaban J connectivity index is 1.67. The number of piperazine rings is 1. The van der Waals surface area contributed by atoms with E-state index in [4.69, 9.17) is 4.52 Å². The number of nitrogens with one attached hydrogen (secondary N) is 1. The lowest BCUT2D eigenvalue weighted by molar-refractivity contribution is -0.130. The van der Waals surface area contributed by atoms with Crippen LogP contribution in [0.4, 0.5) is 4.39 Å². The number of halogens is 1. The summed E-state index contributed by atoms with van der Waals surface area (Å²) in [6, 6.07) is 4.01. The molecule has 2 atom stereocenters. The first kappa shape index (κ1) is 20.6. The molecule has 0 radical (unpaired) electrons. The van der Waals surface area contributed by atoms with Crippen LogP contribution in [0.15, 0.2) is 22.7 Å². The number of amides is 2. The average Bonchev–Trinajstić information content (AvgIpc) is 3.13. The zero-order chi connectivity index (χ0) is 21.4. The van der Waals surface area contributed by atoms with Gasteiger partial charge in [-0.15, -0.1) is 0 Å². The normalized spacial score (nSPS) is 20.7. The molecule has 2 aromatic rings. The summed E-state index contributed by atoms with van der Waals surface area (Å²) in [5, 5.41) is 7.18. The highest BCUT2D eigenvalue weighted by molar-refractivity contribution is 5.99. The molecule has 1 aliphatic heterocycles. The molecule has 30 heavy (non-hydrogen) atoms. The summed E-state index contributed by atoms with van der Waals surface area (Å²) in [6.07, 6.45) is 3.52. The topological polar surface area (TPSA) is 75.4 Å². The fraction of sp³-hybridized carbons (Fsp3) is 0.522. The first-order valence-corrected chi connectivity index (χ1v) is 10.8. The Hall–Kier alpha value is -2.70. The lowest BCUT2D eigenvalue weighted by Crippen LogP contribution is -2.61. The Morgan fingerprint density at radius 3 is 2.90 bits per heavy atom. The van der Waals surface area contributed by atoms with Gasteiger partial charge in [0.2, 0.25) is 5.91 Å². The zero-order valence-corrected chi connectivity index (χ0v) is 17.7. The second-order valence-electron chi connectivity index (χ2n) is 8.74. The predicted octanol–water partition coefficient (Wildman–Crippen LogP) is 3.73. The summed E-state index contributed by atoms with van der Waals surface area (Å²) in [6.45, 7) is 6.62. The number of aromatic nitrogens is 1. The molecule has 0 bridgehead atoms. The largest absolute Gasteiger partial charge is 0.355 e. The van der Waals surface area contributed by atoms with Crippen molar-refractivity contribution in [1.29, 1.82) is 0 Å². The summed E-state index contributed by atoms with van der Waals surface area (Å²) < 4.78 is 19.1. The summed E-state index contributed by atoms with van der Waals surface area (Å²) in [4.78, 5) is 28.0. The van der Waals surface area contributed by atoms with E-state index < -0.39 is 6.04 Å². The van der Waals surface area contributed by atoms with Gasteiger partial charge in [-0.05, 0) is 55.4 Å². The van der Waals surface area contributed by atoms with E-state index in [1.54, 1.807) is 11.0 Å². The molecule has 6 nitrogen and oxygen atoms in total. The second kappa shape index (κ2) is 8.20. The van der Waals surface area contributed by atoms with E-state index in [9.17, 15) is 14.0 Å². The van der Waals surface area contributed by atoms with E-state index in [0.29, 0.717) is 31.6 Å². The highest BCUT2D eigenvalue weighted by atomic mass is 19.1. The van der Waals surface area contributed by atoms with Crippen LogP contribution in [0.2, 0.25) is 0 Å². The lowest BCUT2D eigenvalue weighted by atomic mass is 9.89. The molecule has 0 unspecified atom stereocenters. The predicted molar refractivity (Wildman–Crippen MR) is 110 cm³/mol. The molecule has 4 rings (SSSR count). The van der Waals surface area contributed by atoms with Crippen molar-refractivity contribution in [3.8, 4) is 11.3 Å². The molecule has 1 aliphatic carbocycles. The molecule has 1 aromatic carbocycles. The van der Waals surface area contributed by atoms with Crippen molar-refractivity contribution in [2.24, 2.45) is 5.92 Å². The Labute approximate surface area is 175 Å². The number of nitrogens with zero attached hydrogens (tertiary/aromatic N) is 2. The molecule has 160 valence electrons. The van der Waals surface area contributed by atoms with Crippen molar-refractivity contribution in [2.75, 3.05) is 6.54 Å². The molecule has 2 amide bonds. The standard InChI is InChI=1S/C23H28FN3O3/c1-4-5-16-12-27(19(10-13(2)3)22(28)25-16)23(29)20-18-8-6-14-11-15(24)7-9-17(14)21(18)30-26-20/h7,9,11,13,16,19H,4-6,8,10,12H2,1-3H3,(H,25,28)/t16-,19-/m0/s1. The quantitative estimate of drug-likeness (QED) is 0.810. The molecular weight excluding hydrogens is 385 g/mol. The van der Waals surface area contributed by atoms with Gasteiger partial charge in [0.1, 0.15) is 11.9 Å². The molecule has 1 fully saturated rings. The van der Waals surface area contributed by atoms with E-state index in [2.05, 4.69) is 17.4 Å². The van der Waals surface area contributed by atoms with Crippen LogP contribution in [-0.2, 0) is 17.6 Å². The fourth-order valence-electron chi connectivity index (χ4n) is 4.57. The Morgan fingerprint density at radius 1 is 1.37 bits per heavy atom. The Kier molecular flexibility index (Phi) is 5.62. The molecule has 1 aromatic heterocycles. The number of carbonyl (C=O) groups excluding carboxylic acids is 2. The summed E-state index contributed by atoms with van der Waals surface area (Å²) in [5.41, 5.74) is 2.66. The third-order valence-corrected chi connectivity index (χ3v) is 5.98. The van der Waals surface area contributed by atoms with Crippen LogP contribution in [0, 0.1) is 11.7 Å². The molecule has 1 saturated heterocycles. The maximum Gasteiger partial charge on any atom is 0.277 e. The van der Waals surface area contributed by atoms with Gasteiger partial charge >= 0.3 is 0 Å². The van der Waals surface area contributed by atoms with Crippen LogP contribution < -0.4 is 5.32 Å². The van der Waals surface area contributed by atoms with Crippen LogP contribution in [0.1, 0.15) is 61.6 Å². The molecule has 7 heteroatoms. The minimum Gasteiger partial charge on any atom is -0.355 e. The number of aryl methyl sites for hydroxylation is 1. The third kappa shape index (κ3) is 3.73. The Bertz CT molecular complexity index is 969. The van der Waals surface area contributed by atoms with Crippen molar-refractivity contribution in [3.05, 3.63) is 40.8 Å². The second-order valence-corrected chi connectivity index (χ2v) is 8.74. The Morgan fingerprint density at radius 2 is 2.17 bits per heavy atom. The molecule has 2 heterocycles. The van der Waals surface area contributed by atoms with E-state index in [-0.39, 0.29) is 35.3 Å². The molecule has 0 saturated carbocycles. The monoisotopic (exact) mass is 413 g/mol. The van der Waals surface area contributed by atoms with E-state index in [0.717, 1.165) is 29.5 Å². The van der Waals surface area contributed by atoms with Crippen LogP contribution in [0.5, 0.6) is 0 Å². The first-order valence-electron chi connectivity index (χ1n) is 10.8. The van der Waals surface area contributed by atoms with Gasteiger partial charge in [0, 0.05) is 23.7 Å². The minimum atomic E-state index is -0.511. The van der Waals surface area contributed by atoms with Gasteiger partial charge in [-0.1, -0.05) is 32.3 Å². The van der Waals surface area contributed by atoms with Crippen LogP contribution in [0.25, 0.3) is 11.3 Å². The van der Waals surface area contributed by atoms with Gasteiger partial charge in [-0.3, -0.25) is 9.59 Å². The summed E-state index contributed by atoms with van der Waals surface area (Å²) in [7, 11) is 0. The van der Waals surface area contributed by atoms with Gasteiger partial charge in [0.25, 0.3) is 5.91 Å². The lowest BCUT2D eigenvalue weighted by Gasteiger charge is -2.40. The van der Waals surface area contributed by atoms with E-state index in [1.165, 1.54) is 12.1 Å². The number of carbonyl (C=O) groups is 2. The molecule has 2 aliphatic rings. The maximum absolute atomic E-state index is 13.6. The zero-order valence-electron chi connectivity index (χ0n) is 17.7. The average molecular weight is 413 g/mol. The van der Waals surface area contributed by atoms with Crippen molar-refractivity contribution in [1.82, 2.24) is 15.4 Å². The summed E-state index contributed by atoms with van der Waals surface area (Å²) >= 11 is 0. The van der Waals surface area contributed by atoms with Crippen LogP contribution in [0.3, 0.4) is 0 Å². The van der Waals surface area contributed by atoms with Gasteiger partial charge in [0.15, 0.2) is 11.5 Å². The van der Waals surface area contributed by atoms with E-state index >= 15 is 0 Å². The summed E-state index contributed by atoms with van der Waals surface area (Å²) in [5.74, 6) is 0.163. The third-order valence-electron chi connectivity index (χ3n) is 5.98. The number of benzene rings is 1. The van der Waals surface area contributed by atoms with Crippen LogP contribution >= 0.6 is 0 Å². The SMILES string of the molecule is CCC[C@H]1CN(C(=O)c2noc3c2CCc2cc(F)ccc2-3)[C@@H](CC(C)C)C(=O)N1. The van der Waals surface area contributed by atoms with Gasteiger partial charge in [0.05, 0.1) is 0 Å². The van der Waals surface area contributed by atoms with Crippen molar-refractivity contribution in [3.63, 3.8) is 0 Å². The van der Waals surface area contributed by atoms with Gasteiger partial charge in [-0.25, -0.2) is 4.39 Å². The van der Waals surface area contributed by atoms with Crippen molar-refractivity contribution >= 4 is 11.8 Å². The maximum atomic E-state index is 13.6. The highest BCUT2D eigenvalue weighted by Gasteiger charge is 2.40. The van der Waals surface area contributed by atoms with Gasteiger partial charge in [-0.2, -0.15) is 0 Å². The minimum absolute atomic E-state index is 0.0544. The number of hydrogen-bond acceptors (Lipinski definition) is 4. The highest BCUT2D eigenvalue weighted by Crippen LogP contribution is 2.36. The smallest absolute Gasteiger partial charge is 0.277 e. The fourth-order valence-corrected chi connectivity index (χ4v) is 4.57. The number of fused-ring (bicyclic) bond motifs is 3. The van der Waals surface area contributed by atoms with Gasteiger partial charge < -0.3 is 14.7 Å². The molecule has 0 spiro atoms. The van der Waals surface area contributed by atoms with E-state index in [1.807, 2.05) is 13.8 Å².